The minimum Gasteiger partial charge on any atom is -0.454 e. The Bertz CT molecular complexity index is 1410. The summed E-state index contributed by atoms with van der Waals surface area (Å²) in [6, 6.07) is 6.91. The fourth-order valence-corrected chi connectivity index (χ4v) is 12.2. The molecule has 12 atom stereocenters. The second kappa shape index (κ2) is 10.4. The van der Waals surface area contributed by atoms with E-state index >= 15 is 0 Å². The number of carbonyl (C=O) groups is 3. The highest BCUT2D eigenvalue weighted by atomic mass is 16.6. The molecule has 11 heteroatoms. The van der Waals surface area contributed by atoms with E-state index in [-0.39, 0.29) is 41.9 Å². The van der Waals surface area contributed by atoms with E-state index in [1.807, 2.05) is 0 Å². The Morgan fingerprint density at radius 3 is 2.31 bits per heavy atom. The molecule has 2 N–H and O–H groups in total. The second-order valence-electron chi connectivity index (χ2n) is 14.2. The monoisotopic (exact) mass is 626 g/mol. The van der Waals surface area contributed by atoms with Crippen LogP contribution < -0.4 is 5.73 Å². The molecule has 0 radical (unpaired) electrons. The van der Waals surface area contributed by atoms with Crippen LogP contribution in [-0.4, -0.2) is 98.4 Å². The Labute approximate surface area is 264 Å². The number of benzene rings is 1. The molecule has 1 aliphatic heterocycles. The Morgan fingerprint density at radius 1 is 0.956 bits per heavy atom. The van der Waals surface area contributed by atoms with Crippen molar-refractivity contribution in [2.75, 3.05) is 40.2 Å². The van der Waals surface area contributed by atoms with Gasteiger partial charge in [0.15, 0.2) is 11.2 Å². The van der Waals surface area contributed by atoms with E-state index in [1.54, 1.807) is 45.6 Å². The van der Waals surface area contributed by atoms with E-state index < -0.39 is 46.2 Å². The molecular formula is C34H46N2O9. The smallest absolute Gasteiger partial charge is 0.340 e. The zero-order valence-electron chi connectivity index (χ0n) is 27.1. The van der Waals surface area contributed by atoms with E-state index in [4.69, 9.17) is 34.2 Å². The van der Waals surface area contributed by atoms with Gasteiger partial charge in [-0.1, -0.05) is 19.1 Å². The van der Waals surface area contributed by atoms with Gasteiger partial charge in [-0.2, -0.15) is 0 Å². The zero-order valence-corrected chi connectivity index (χ0v) is 27.1. The first-order valence-corrected chi connectivity index (χ1v) is 16.3. The highest BCUT2D eigenvalue weighted by molar-refractivity contribution is 5.95. The summed E-state index contributed by atoms with van der Waals surface area (Å²) in [5, 5.41) is 0. The van der Waals surface area contributed by atoms with Crippen molar-refractivity contribution >= 4 is 23.6 Å². The van der Waals surface area contributed by atoms with Crippen LogP contribution in [0, 0.1) is 29.1 Å². The maximum absolute atomic E-state index is 14.0. The lowest BCUT2D eigenvalue weighted by molar-refractivity contribution is -0.341. The summed E-state index contributed by atoms with van der Waals surface area (Å²) in [7, 11) is 5.08. The van der Waals surface area contributed by atoms with Crippen molar-refractivity contribution in [3.63, 3.8) is 0 Å². The van der Waals surface area contributed by atoms with Crippen LogP contribution in [0.3, 0.4) is 0 Å². The molecule has 45 heavy (non-hydrogen) atoms. The van der Waals surface area contributed by atoms with Crippen LogP contribution in [0.15, 0.2) is 24.3 Å². The number of ether oxygens (including phenoxy) is 6. The van der Waals surface area contributed by atoms with Crippen molar-refractivity contribution in [1.82, 2.24) is 4.90 Å². The highest BCUT2D eigenvalue weighted by Gasteiger charge is 2.91. The summed E-state index contributed by atoms with van der Waals surface area (Å²) in [6.45, 7) is 6.18. The summed E-state index contributed by atoms with van der Waals surface area (Å²) in [5.74, 6) is -2.19. The van der Waals surface area contributed by atoms with Crippen LogP contribution >= 0.6 is 0 Å². The van der Waals surface area contributed by atoms with Crippen LogP contribution in [0.4, 0.5) is 5.69 Å². The molecule has 1 aromatic rings. The van der Waals surface area contributed by atoms with Gasteiger partial charge in [-0.05, 0) is 44.4 Å². The topological polar surface area (TPSA) is 136 Å². The van der Waals surface area contributed by atoms with E-state index in [0.29, 0.717) is 56.4 Å². The van der Waals surface area contributed by atoms with Crippen molar-refractivity contribution in [2.24, 2.45) is 29.1 Å². The van der Waals surface area contributed by atoms with Gasteiger partial charge in [0.05, 0.1) is 17.8 Å². The van der Waals surface area contributed by atoms with Gasteiger partial charge in [0.2, 0.25) is 0 Å². The molecule has 1 heterocycles. The van der Waals surface area contributed by atoms with Crippen LogP contribution in [0.5, 0.6) is 0 Å². The first kappa shape index (κ1) is 30.9. The number of fused-ring (bicyclic) bond motifs is 2. The lowest BCUT2D eigenvalue weighted by atomic mass is 9.43. The summed E-state index contributed by atoms with van der Waals surface area (Å²) < 4.78 is 38.9. The number of carbonyl (C=O) groups excluding carboxylic acids is 3. The quantitative estimate of drug-likeness (QED) is 0.259. The van der Waals surface area contributed by atoms with Crippen molar-refractivity contribution in [3.05, 3.63) is 29.8 Å². The zero-order chi connectivity index (χ0) is 32.1. The van der Waals surface area contributed by atoms with Crippen molar-refractivity contribution in [3.8, 4) is 0 Å². The average molecular weight is 627 g/mol. The normalized spacial score (nSPS) is 45.6. The third kappa shape index (κ3) is 3.64. The number of likely N-dealkylation sites (N-methyl/N-ethyl adjacent to an activating group) is 1. The van der Waals surface area contributed by atoms with Gasteiger partial charge in [-0.15, -0.1) is 0 Å². The summed E-state index contributed by atoms with van der Waals surface area (Å²) in [5.41, 5.74) is 3.00. The molecule has 3 unspecified atom stereocenters. The fourth-order valence-electron chi connectivity index (χ4n) is 12.2. The molecule has 5 saturated carbocycles. The van der Waals surface area contributed by atoms with Gasteiger partial charge in [-0.25, -0.2) is 4.79 Å². The van der Waals surface area contributed by atoms with E-state index in [1.165, 1.54) is 13.8 Å². The van der Waals surface area contributed by atoms with E-state index in [0.717, 1.165) is 0 Å². The number of hydrogen-bond donors (Lipinski definition) is 1. The minimum absolute atomic E-state index is 0.0775. The van der Waals surface area contributed by atoms with Crippen LogP contribution in [-0.2, 0) is 38.0 Å². The molecular weight excluding hydrogens is 580 g/mol. The molecule has 6 fully saturated rings. The van der Waals surface area contributed by atoms with Crippen molar-refractivity contribution in [2.45, 2.75) is 94.0 Å². The van der Waals surface area contributed by atoms with E-state index in [9.17, 15) is 14.4 Å². The number of esters is 3. The average Bonchev–Trinajstić information content (AvgIpc) is 3.43. The molecule has 0 aromatic heterocycles. The molecule has 1 saturated heterocycles. The van der Waals surface area contributed by atoms with Gasteiger partial charge in [-0.3, -0.25) is 14.5 Å². The standard InChI is InChI=1S/C34H46N2O9/c1-7-36-17-31(45-30(39)20-10-8-9-11-23(20)35)13-12-27(41-5)33-25(31)15-22(28(33)36)32(43-18(2)37)16-24(40-4)21-14-26(33)34(32,29(21)42-6)44-19(3)38/h8-11,21-22,24-29H,7,12-17,35H2,1-6H3/t21-,22-,24+,25-,26+,27?,28?,29+,31-,32+,33?,34+/m1/s1. The number of anilines is 1. The Kier molecular flexibility index (Phi) is 7.13. The second-order valence-corrected chi connectivity index (χ2v) is 14.2. The molecule has 1 aromatic carbocycles. The number of nitrogens with two attached hydrogens (primary N) is 1. The van der Waals surface area contributed by atoms with Crippen molar-refractivity contribution in [1.29, 1.82) is 0 Å². The first-order chi connectivity index (χ1) is 21.5. The molecule has 11 nitrogen and oxygen atoms in total. The number of nitrogens with zero attached hydrogens (tertiary/aromatic N) is 1. The van der Waals surface area contributed by atoms with Gasteiger partial charge in [0.25, 0.3) is 0 Å². The van der Waals surface area contributed by atoms with Gasteiger partial charge in [0, 0.05) is 89.0 Å². The fraction of sp³-hybridized carbons (Fsp3) is 0.735. The van der Waals surface area contributed by atoms with Crippen LogP contribution in [0.2, 0.25) is 0 Å². The lowest BCUT2D eigenvalue weighted by Crippen LogP contribution is -2.84. The SMILES string of the molecule is CCN1C[C@]2(OC(=O)c3ccccc3N)CCC(OC)C34C1[C@@H](C[C@@H]32)[C@@]1(OC(C)=O)C[C@H](OC)[C@H]2C[C@@H]4[C@]1(OC(C)=O)[C@H]2OC. The van der Waals surface area contributed by atoms with E-state index in [2.05, 4.69) is 11.8 Å². The van der Waals surface area contributed by atoms with Gasteiger partial charge < -0.3 is 34.2 Å². The number of hydrogen-bond acceptors (Lipinski definition) is 11. The summed E-state index contributed by atoms with van der Waals surface area (Å²) >= 11 is 0. The van der Waals surface area contributed by atoms with Gasteiger partial charge >= 0.3 is 17.9 Å². The molecule has 246 valence electrons. The third-order valence-electron chi connectivity index (χ3n) is 12.9. The lowest BCUT2D eigenvalue weighted by Gasteiger charge is -2.71. The summed E-state index contributed by atoms with van der Waals surface area (Å²) in [4.78, 5) is 42.8. The Hall–Kier alpha value is -2.73. The largest absolute Gasteiger partial charge is 0.454 e. The predicted octanol–water partition coefficient (Wildman–Crippen LogP) is 2.99. The highest BCUT2D eigenvalue weighted by Crippen LogP contribution is 2.80. The number of rotatable bonds is 8. The molecule has 5 aliphatic carbocycles. The Balaban J connectivity index is 1.49. The predicted molar refractivity (Wildman–Crippen MR) is 161 cm³/mol. The molecule has 6 aliphatic rings. The molecule has 1 spiro atoms. The molecule has 7 bridgehead atoms. The van der Waals surface area contributed by atoms with Crippen LogP contribution in [0.1, 0.15) is 63.2 Å². The number of nitrogen functional groups attached to an aromatic ring is 1. The maximum Gasteiger partial charge on any atom is 0.340 e. The minimum atomic E-state index is -1.28. The number of piperidine rings is 1. The number of methoxy groups -OCH3 is 3. The Morgan fingerprint density at radius 2 is 1.69 bits per heavy atom. The first-order valence-electron chi connectivity index (χ1n) is 16.3. The van der Waals surface area contributed by atoms with Crippen LogP contribution in [0.25, 0.3) is 0 Å². The molecule has 0 amide bonds. The van der Waals surface area contributed by atoms with Gasteiger partial charge in [0.1, 0.15) is 11.7 Å². The van der Waals surface area contributed by atoms with Crippen molar-refractivity contribution < 1.29 is 42.8 Å². The maximum atomic E-state index is 14.0. The number of likely N-dealkylation sites (tertiary alicyclic amines) is 1. The summed E-state index contributed by atoms with van der Waals surface area (Å²) in [6.07, 6.45) is 1.81. The third-order valence-corrected chi connectivity index (χ3v) is 12.9. The molecule has 7 rings (SSSR count). The number of para-hydroxylation sites is 1.